The predicted octanol–water partition coefficient (Wildman–Crippen LogP) is 3.20. The van der Waals surface area contributed by atoms with Crippen LogP contribution in [0, 0.1) is 5.92 Å². The van der Waals surface area contributed by atoms with E-state index < -0.39 is 10.0 Å². The number of likely N-dealkylation sites (tertiary alicyclic amines) is 1. The lowest BCUT2D eigenvalue weighted by atomic mass is 9.84. The summed E-state index contributed by atoms with van der Waals surface area (Å²) in [7, 11) is -3.30. The van der Waals surface area contributed by atoms with Gasteiger partial charge in [0.1, 0.15) is 5.01 Å². The van der Waals surface area contributed by atoms with Gasteiger partial charge in [0.25, 0.3) is 0 Å². The Kier molecular flexibility index (Phi) is 5.41. The molecule has 1 amide bonds. The van der Waals surface area contributed by atoms with Gasteiger partial charge >= 0.3 is 0 Å². The van der Waals surface area contributed by atoms with Gasteiger partial charge in [0.2, 0.25) is 15.9 Å². The monoisotopic (exact) mass is 445 g/mol. The van der Waals surface area contributed by atoms with E-state index in [1.807, 2.05) is 40.6 Å². The second-order valence-corrected chi connectivity index (χ2v) is 11.5. The van der Waals surface area contributed by atoms with E-state index in [-0.39, 0.29) is 29.2 Å². The Labute approximate surface area is 181 Å². The van der Waals surface area contributed by atoms with Crippen LogP contribution in [0.4, 0.5) is 0 Å². The Morgan fingerprint density at radius 3 is 2.57 bits per heavy atom. The molecule has 8 heteroatoms. The molecule has 30 heavy (non-hydrogen) atoms. The molecule has 2 aliphatic carbocycles. The summed E-state index contributed by atoms with van der Waals surface area (Å²) in [4.78, 5) is 19.8. The third-order valence-corrected chi connectivity index (χ3v) is 9.47. The molecule has 1 aliphatic heterocycles. The molecule has 0 spiro atoms. The second-order valence-electron chi connectivity index (χ2n) is 8.70. The summed E-state index contributed by atoms with van der Waals surface area (Å²) >= 11 is 1.59. The van der Waals surface area contributed by atoms with Crippen LogP contribution in [0.3, 0.4) is 0 Å². The minimum atomic E-state index is -3.30. The maximum Gasteiger partial charge on any atom is 0.225 e. The molecule has 1 aromatic carbocycles. The molecule has 1 saturated heterocycles. The highest BCUT2D eigenvalue weighted by Crippen LogP contribution is 2.34. The maximum absolute atomic E-state index is 13.0. The third-order valence-electron chi connectivity index (χ3n) is 6.55. The number of nitrogens with one attached hydrogen (secondary N) is 1. The van der Waals surface area contributed by atoms with E-state index in [1.54, 1.807) is 11.3 Å². The average molecular weight is 446 g/mol. The van der Waals surface area contributed by atoms with Gasteiger partial charge in [-0.2, -0.15) is 0 Å². The standard InChI is InChI=1S/C22H27N3O3S2/c26-22(16-7-4-8-16)25-12-11-19(24-30(27,28)18-9-10-18)20(25)13-17-14-29-21(23-17)15-5-2-1-3-6-15/h1-3,5-6,14,16,18-20,24H,4,7-13H2/t19?,20-/m0/s1. The lowest BCUT2D eigenvalue weighted by molar-refractivity contribution is -0.139. The van der Waals surface area contributed by atoms with Gasteiger partial charge in [0.15, 0.2) is 0 Å². The first-order valence-electron chi connectivity index (χ1n) is 10.8. The third kappa shape index (κ3) is 4.05. The Morgan fingerprint density at radius 2 is 1.90 bits per heavy atom. The summed E-state index contributed by atoms with van der Waals surface area (Å²) in [6.45, 7) is 0.619. The molecule has 0 radical (unpaired) electrons. The summed E-state index contributed by atoms with van der Waals surface area (Å²) in [5.74, 6) is 0.305. The number of thiazole rings is 1. The number of carbonyl (C=O) groups is 1. The molecule has 3 aliphatic rings. The number of hydrogen-bond donors (Lipinski definition) is 1. The Hall–Kier alpha value is -1.77. The molecule has 2 atom stereocenters. The van der Waals surface area contributed by atoms with Crippen LogP contribution in [0.15, 0.2) is 35.7 Å². The fraction of sp³-hybridized carbons (Fsp3) is 0.545. The highest BCUT2D eigenvalue weighted by Gasteiger charge is 2.44. The first-order valence-corrected chi connectivity index (χ1v) is 13.3. The zero-order chi connectivity index (χ0) is 20.7. The van der Waals surface area contributed by atoms with Gasteiger partial charge in [0, 0.05) is 35.9 Å². The van der Waals surface area contributed by atoms with E-state index in [0.29, 0.717) is 19.4 Å². The molecule has 6 nitrogen and oxygen atoms in total. The SMILES string of the molecule is O=C(C1CCC1)N1CCC(NS(=O)(=O)C2CC2)[C@@H]1Cc1csc(-c2ccccc2)n1. The normalized spacial score (nSPS) is 24.7. The molecular formula is C22H27N3O3S2. The zero-order valence-corrected chi connectivity index (χ0v) is 18.5. The number of carbonyl (C=O) groups excluding carboxylic acids is 1. The minimum Gasteiger partial charge on any atom is -0.337 e. The molecule has 0 bridgehead atoms. The van der Waals surface area contributed by atoms with Crippen molar-refractivity contribution in [2.24, 2.45) is 5.92 Å². The van der Waals surface area contributed by atoms with Crippen LogP contribution in [0.25, 0.3) is 10.6 Å². The van der Waals surface area contributed by atoms with Gasteiger partial charge in [-0.25, -0.2) is 18.1 Å². The topological polar surface area (TPSA) is 79.4 Å². The largest absolute Gasteiger partial charge is 0.337 e. The smallest absolute Gasteiger partial charge is 0.225 e. The summed E-state index contributed by atoms with van der Waals surface area (Å²) in [5, 5.41) is 2.74. The van der Waals surface area contributed by atoms with E-state index in [0.717, 1.165) is 48.4 Å². The second kappa shape index (κ2) is 8.05. The molecule has 160 valence electrons. The van der Waals surface area contributed by atoms with Crippen LogP contribution in [-0.4, -0.2) is 48.1 Å². The van der Waals surface area contributed by atoms with Crippen molar-refractivity contribution < 1.29 is 13.2 Å². The lowest BCUT2D eigenvalue weighted by Crippen LogP contribution is -2.50. The summed E-state index contributed by atoms with van der Waals surface area (Å²) in [6, 6.07) is 9.65. The molecular weight excluding hydrogens is 418 g/mol. The summed E-state index contributed by atoms with van der Waals surface area (Å²) < 4.78 is 28.1. The molecule has 2 saturated carbocycles. The Bertz CT molecular complexity index is 1010. The predicted molar refractivity (Wildman–Crippen MR) is 118 cm³/mol. The molecule has 3 fully saturated rings. The molecule has 5 rings (SSSR count). The van der Waals surface area contributed by atoms with Crippen molar-refractivity contribution in [3.63, 3.8) is 0 Å². The minimum absolute atomic E-state index is 0.113. The number of aromatic nitrogens is 1. The van der Waals surface area contributed by atoms with Crippen LogP contribution < -0.4 is 4.72 Å². The summed E-state index contributed by atoms with van der Waals surface area (Å²) in [5.41, 5.74) is 2.00. The summed E-state index contributed by atoms with van der Waals surface area (Å²) in [6.07, 6.45) is 5.75. The van der Waals surface area contributed by atoms with Crippen LogP contribution in [0.1, 0.15) is 44.2 Å². The number of sulfonamides is 1. The first-order chi connectivity index (χ1) is 14.5. The maximum atomic E-state index is 13.0. The molecule has 2 heterocycles. The lowest BCUT2D eigenvalue weighted by Gasteiger charge is -2.34. The van der Waals surface area contributed by atoms with Crippen LogP contribution in [0.5, 0.6) is 0 Å². The quantitative estimate of drug-likeness (QED) is 0.710. The fourth-order valence-electron chi connectivity index (χ4n) is 4.42. The van der Waals surface area contributed by atoms with E-state index in [4.69, 9.17) is 4.98 Å². The van der Waals surface area contributed by atoms with Crippen molar-refractivity contribution in [1.29, 1.82) is 0 Å². The highest BCUT2D eigenvalue weighted by atomic mass is 32.2. The van der Waals surface area contributed by atoms with Crippen molar-refractivity contribution in [3.05, 3.63) is 41.4 Å². The van der Waals surface area contributed by atoms with Crippen molar-refractivity contribution >= 4 is 27.3 Å². The zero-order valence-electron chi connectivity index (χ0n) is 16.9. The van der Waals surface area contributed by atoms with Crippen molar-refractivity contribution in [2.45, 2.75) is 62.3 Å². The van der Waals surface area contributed by atoms with Gasteiger partial charge in [-0.3, -0.25) is 4.79 Å². The number of rotatable bonds is 7. The number of amides is 1. The number of benzene rings is 1. The van der Waals surface area contributed by atoms with Crippen LogP contribution >= 0.6 is 11.3 Å². The van der Waals surface area contributed by atoms with Gasteiger partial charge in [0.05, 0.1) is 17.0 Å². The van der Waals surface area contributed by atoms with E-state index in [9.17, 15) is 13.2 Å². The average Bonchev–Trinajstić information content (AvgIpc) is 3.36. The van der Waals surface area contributed by atoms with Gasteiger partial charge < -0.3 is 4.90 Å². The molecule has 1 N–H and O–H groups in total. The van der Waals surface area contributed by atoms with Crippen molar-refractivity contribution in [3.8, 4) is 10.6 Å². The van der Waals surface area contributed by atoms with Crippen LogP contribution in [-0.2, 0) is 21.2 Å². The number of nitrogens with zero attached hydrogens (tertiary/aromatic N) is 2. The van der Waals surface area contributed by atoms with Crippen LogP contribution in [0.2, 0.25) is 0 Å². The van der Waals surface area contributed by atoms with Gasteiger partial charge in [-0.05, 0) is 32.1 Å². The number of hydrogen-bond acceptors (Lipinski definition) is 5. The van der Waals surface area contributed by atoms with E-state index in [2.05, 4.69) is 4.72 Å². The molecule has 1 aromatic heterocycles. The van der Waals surface area contributed by atoms with Gasteiger partial charge in [-0.15, -0.1) is 11.3 Å². The Balaban J connectivity index is 1.37. The van der Waals surface area contributed by atoms with Gasteiger partial charge in [-0.1, -0.05) is 36.8 Å². The highest BCUT2D eigenvalue weighted by molar-refractivity contribution is 7.90. The Morgan fingerprint density at radius 1 is 1.13 bits per heavy atom. The van der Waals surface area contributed by atoms with E-state index >= 15 is 0 Å². The van der Waals surface area contributed by atoms with Crippen molar-refractivity contribution in [2.75, 3.05) is 6.54 Å². The first kappa shape index (κ1) is 20.2. The fourth-order valence-corrected chi connectivity index (χ4v) is 6.91. The molecule has 1 unspecified atom stereocenters. The van der Waals surface area contributed by atoms with E-state index in [1.165, 1.54) is 0 Å². The molecule has 2 aromatic rings. The van der Waals surface area contributed by atoms with Crippen molar-refractivity contribution in [1.82, 2.24) is 14.6 Å².